The van der Waals surface area contributed by atoms with Crippen LogP contribution >= 0.6 is 0 Å². The molecule has 1 fully saturated rings. The Balaban J connectivity index is 2.24. The second-order valence-electron chi connectivity index (χ2n) is 4.23. The topological polar surface area (TPSA) is 70.7 Å². The predicted molar refractivity (Wildman–Crippen MR) is 63.5 cm³/mol. The molecule has 2 amide bonds. The molecule has 98 valence electrons. The number of ether oxygens (including phenoxy) is 1. The van der Waals surface area contributed by atoms with Crippen LogP contribution in [0.5, 0.6) is 0 Å². The molecule has 2 N–H and O–H groups in total. The molecular formula is C11H21N3O3. The van der Waals surface area contributed by atoms with E-state index in [0.29, 0.717) is 19.7 Å². The van der Waals surface area contributed by atoms with Gasteiger partial charge in [0.05, 0.1) is 19.1 Å². The third-order valence-electron chi connectivity index (χ3n) is 2.79. The van der Waals surface area contributed by atoms with Gasteiger partial charge in [0.1, 0.15) is 0 Å². The van der Waals surface area contributed by atoms with Crippen LogP contribution < -0.4 is 10.6 Å². The number of methoxy groups -OCH3 is 1. The van der Waals surface area contributed by atoms with Crippen molar-refractivity contribution < 1.29 is 14.3 Å². The average Bonchev–Trinajstić information content (AvgIpc) is 2.81. The Kier molecular flexibility index (Phi) is 5.93. The Morgan fingerprint density at radius 3 is 2.88 bits per heavy atom. The quantitative estimate of drug-likeness (QED) is 0.576. The van der Waals surface area contributed by atoms with Crippen molar-refractivity contribution in [2.75, 3.05) is 46.9 Å². The standard InChI is InChI=1S/C11H21N3O3/c1-14(8-10(15)13-5-6-17-2)11(16)9-3-4-12-7-9/h9,12H,3-8H2,1-2H3,(H,13,15). The molecule has 1 unspecified atom stereocenters. The van der Waals surface area contributed by atoms with Crippen LogP contribution in [0.15, 0.2) is 0 Å². The van der Waals surface area contributed by atoms with Crippen LogP contribution in [0.4, 0.5) is 0 Å². The summed E-state index contributed by atoms with van der Waals surface area (Å²) < 4.78 is 4.82. The number of carbonyl (C=O) groups is 2. The number of nitrogens with one attached hydrogen (secondary N) is 2. The van der Waals surface area contributed by atoms with Gasteiger partial charge in [0, 0.05) is 27.2 Å². The van der Waals surface area contributed by atoms with Crippen molar-refractivity contribution in [2.24, 2.45) is 5.92 Å². The second-order valence-corrected chi connectivity index (χ2v) is 4.23. The van der Waals surface area contributed by atoms with Gasteiger partial charge in [0.25, 0.3) is 0 Å². The molecule has 17 heavy (non-hydrogen) atoms. The monoisotopic (exact) mass is 243 g/mol. The van der Waals surface area contributed by atoms with Crippen molar-refractivity contribution in [3.63, 3.8) is 0 Å². The van der Waals surface area contributed by atoms with Crippen LogP contribution in [0.1, 0.15) is 6.42 Å². The first kappa shape index (κ1) is 13.9. The van der Waals surface area contributed by atoms with E-state index in [4.69, 9.17) is 4.74 Å². The summed E-state index contributed by atoms with van der Waals surface area (Å²) >= 11 is 0. The lowest BCUT2D eigenvalue weighted by molar-refractivity contribution is -0.137. The lowest BCUT2D eigenvalue weighted by atomic mass is 10.1. The van der Waals surface area contributed by atoms with Crippen molar-refractivity contribution in [3.8, 4) is 0 Å². The smallest absolute Gasteiger partial charge is 0.239 e. The molecule has 1 atom stereocenters. The molecule has 0 aliphatic carbocycles. The highest BCUT2D eigenvalue weighted by molar-refractivity contribution is 5.85. The minimum atomic E-state index is -0.149. The molecule has 0 radical (unpaired) electrons. The van der Waals surface area contributed by atoms with E-state index in [-0.39, 0.29) is 24.3 Å². The number of likely N-dealkylation sites (N-methyl/N-ethyl adjacent to an activating group) is 1. The summed E-state index contributed by atoms with van der Waals surface area (Å²) in [6.07, 6.45) is 0.856. The van der Waals surface area contributed by atoms with Gasteiger partial charge in [-0.25, -0.2) is 0 Å². The molecule has 0 saturated carbocycles. The molecule has 0 aromatic rings. The fraction of sp³-hybridized carbons (Fsp3) is 0.818. The predicted octanol–water partition coefficient (Wildman–Crippen LogP) is -1.18. The maximum Gasteiger partial charge on any atom is 0.239 e. The molecule has 1 aliphatic heterocycles. The van der Waals surface area contributed by atoms with Crippen LogP contribution in [-0.4, -0.2) is 63.7 Å². The third-order valence-corrected chi connectivity index (χ3v) is 2.79. The minimum absolute atomic E-state index is 0.0202. The molecule has 0 spiro atoms. The maximum absolute atomic E-state index is 11.9. The van der Waals surface area contributed by atoms with E-state index in [1.807, 2.05) is 0 Å². The van der Waals surface area contributed by atoms with Crippen LogP contribution in [0, 0.1) is 5.92 Å². The summed E-state index contributed by atoms with van der Waals surface area (Å²) in [5.74, 6) is -0.0903. The van der Waals surface area contributed by atoms with E-state index in [0.717, 1.165) is 13.0 Å². The molecule has 1 saturated heterocycles. The summed E-state index contributed by atoms with van der Waals surface area (Å²) in [6.45, 7) is 2.66. The first-order valence-electron chi connectivity index (χ1n) is 5.86. The normalized spacial score (nSPS) is 19.1. The van der Waals surface area contributed by atoms with Crippen LogP contribution in [0.25, 0.3) is 0 Å². The Bertz CT molecular complexity index is 265. The molecular weight excluding hydrogens is 222 g/mol. The number of hydrogen-bond acceptors (Lipinski definition) is 4. The van der Waals surface area contributed by atoms with E-state index < -0.39 is 0 Å². The number of nitrogens with zero attached hydrogens (tertiary/aromatic N) is 1. The maximum atomic E-state index is 11.9. The fourth-order valence-electron chi connectivity index (χ4n) is 1.82. The fourth-order valence-corrected chi connectivity index (χ4v) is 1.82. The zero-order valence-electron chi connectivity index (χ0n) is 10.5. The molecule has 1 rings (SSSR count). The summed E-state index contributed by atoms with van der Waals surface area (Å²) in [5.41, 5.74) is 0. The first-order valence-corrected chi connectivity index (χ1v) is 5.86. The number of amides is 2. The Morgan fingerprint density at radius 2 is 2.29 bits per heavy atom. The highest BCUT2D eigenvalue weighted by atomic mass is 16.5. The molecule has 0 aromatic heterocycles. The van der Waals surface area contributed by atoms with E-state index >= 15 is 0 Å². The van der Waals surface area contributed by atoms with E-state index in [1.54, 1.807) is 14.2 Å². The molecule has 0 aromatic carbocycles. The van der Waals surface area contributed by atoms with Crippen LogP contribution in [0.2, 0.25) is 0 Å². The summed E-state index contributed by atoms with van der Waals surface area (Å²) in [7, 11) is 3.24. The third kappa shape index (κ3) is 4.70. The van der Waals surface area contributed by atoms with Gasteiger partial charge in [-0.1, -0.05) is 0 Å². The van der Waals surface area contributed by atoms with Gasteiger partial charge in [-0.05, 0) is 13.0 Å². The SMILES string of the molecule is COCCNC(=O)CN(C)C(=O)C1CCNC1. The van der Waals surface area contributed by atoms with E-state index in [9.17, 15) is 9.59 Å². The largest absolute Gasteiger partial charge is 0.383 e. The molecule has 1 heterocycles. The molecule has 6 heteroatoms. The highest BCUT2D eigenvalue weighted by Gasteiger charge is 2.25. The average molecular weight is 243 g/mol. The van der Waals surface area contributed by atoms with Crippen LogP contribution in [0.3, 0.4) is 0 Å². The van der Waals surface area contributed by atoms with Crippen molar-refractivity contribution in [2.45, 2.75) is 6.42 Å². The molecule has 6 nitrogen and oxygen atoms in total. The first-order chi connectivity index (χ1) is 8.15. The Labute approximate surface area is 102 Å². The van der Waals surface area contributed by atoms with Gasteiger partial charge in [0.2, 0.25) is 11.8 Å². The lowest BCUT2D eigenvalue weighted by Crippen LogP contribution is -2.42. The zero-order chi connectivity index (χ0) is 12.7. The summed E-state index contributed by atoms with van der Waals surface area (Å²) in [4.78, 5) is 24.8. The van der Waals surface area contributed by atoms with E-state index in [2.05, 4.69) is 10.6 Å². The van der Waals surface area contributed by atoms with Crippen LogP contribution in [-0.2, 0) is 14.3 Å². The van der Waals surface area contributed by atoms with Gasteiger partial charge >= 0.3 is 0 Å². The number of rotatable bonds is 6. The van der Waals surface area contributed by atoms with Gasteiger partial charge < -0.3 is 20.3 Å². The Morgan fingerprint density at radius 1 is 1.53 bits per heavy atom. The number of hydrogen-bond donors (Lipinski definition) is 2. The zero-order valence-corrected chi connectivity index (χ0v) is 10.5. The van der Waals surface area contributed by atoms with E-state index in [1.165, 1.54) is 4.90 Å². The van der Waals surface area contributed by atoms with Gasteiger partial charge in [-0.15, -0.1) is 0 Å². The number of carbonyl (C=O) groups excluding carboxylic acids is 2. The molecule has 0 bridgehead atoms. The summed E-state index contributed by atoms with van der Waals surface area (Å²) in [5, 5.41) is 5.83. The van der Waals surface area contributed by atoms with Crippen molar-refractivity contribution in [3.05, 3.63) is 0 Å². The summed E-state index contributed by atoms with van der Waals surface area (Å²) in [6, 6.07) is 0. The van der Waals surface area contributed by atoms with Gasteiger partial charge in [-0.3, -0.25) is 9.59 Å². The Hall–Kier alpha value is -1.14. The second kappa shape index (κ2) is 7.24. The van der Waals surface area contributed by atoms with Crippen molar-refractivity contribution in [1.29, 1.82) is 0 Å². The lowest BCUT2D eigenvalue weighted by Gasteiger charge is -2.20. The van der Waals surface area contributed by atoms with Crippen molar-refractivity contribution in [1.82, 2.24) is 15.5 Å². The molecule has 1 aliphatic rings. The minimum Gasteiger partial charge on any atom is -0.383 e. The van der Waals surface area contributed by atoms with Crippen molar-refractivity contribution >= 4 is 11.8 Å². The van der Waals surface area contributed by atoms with Gasteiger partial charge in [0.15, 0.2) is 0 Å². The highest BCUT2D eigenvalue weighted by Crippen LogP contribution is 2.10. The van der Waals surface area contributed by atoms with Gasteiger partial charge in [-0.2, -0.15) is 0 Å².